The molecule has 0 radical (unpaired) electrons. The van der Waals surface area contributed by atoms with E-state index in [9.17, 15) is 4.79 Å². The number of hydrogen-bond donors (Lipinski definition) is 1. The van der Waals surface area contributed by atoms with Crippen LogP contribution in [0.5, 0.6) is 17.2 Å². The smallest absolute Gasteiger partial charge is 0.320 e. The van der Waals surface area contributed by atoms with Crippen LogP contribution in [-0.2, 0) is 16.1 Å². The molecule has 0 bridgehead atoms. The lowest BCUT2D eigenvalue weighted by atomic mass is 10.2. The molecule has 1 aromatic rings. The molecule has 0 aliphatic carbocycles. The SMILES string of the molecule is COc1cc(CNCC(=O)OC(C)(C)C)cc2c1OCO2. The number of fused-ring (bicyclic) bond motifs is 1. The van der Waals surface area contributed by atoms with Gasteiger partial charge in [-0.25, -0.2) is 0 Å². The van der Waals surface area contributed by atoms with Crippen molar-refractivity contribution in [1.82, 2.24) is 5.32 Å². The average molecular weight is 295 g/mol. The van der Waals surface area contributed by atoms with Gasteiger partial charge in [0.1, 0.15) is 5.60 Å². The largest absolute Gasteiger partial charge is 0.493 e. The third-order valence-corrected chi connectivity index (χ3v) is 2.74. The molecule has 116 valence electrons. The third-order valence-electron chi connectivity index (χ3n) is 2.74. The zero-order valence-corrected chi connectivity index (χ0v) is 12.8. The number of rotatable bonds is 5. The van der Waals surface area contributed by atoms with Crippen LogP contribution in [0.25, 0.3) is 0 Å². The van der Waals surface area contributed by atoms with Crippen molar-refractivity contribution in [2.24, 2.45) is 0 Å². The Morgan fingerprint density at radius 2 is 2.10 bits per heavy atom. The molecule has 1 aliphatic rings. The molecule has 0 fully saturated rings. The summed E-state index contributed by atoms with van der Waals surface area (Å²) in [5.74, 6) is 1.62. The number of ether oxygens (including phenoxy) is 4. The van der Waals surface area contributed by atoms with E-state index in [1.807, 2.05) is 32.9 Å². The molecule has 0 saturated heterocycles. The Morgan fingerprint density at radius 1 is 1.33 bits per heavy atom. The second kappa shape index (κ2) is 6.22. The Morgan fingerprint density at radius 3 is 2.76 bits per heavy atom. The molecule has 1 aliphatic heterocycles. The minimum atomic E-state index is -0.471. The highest BCUT2D eigenvalue weighted by molar-refractivity contribution is 5.72. The number of esters is 1. The van der Waals surface area contributed by atoms with Gasteiger partial charge in [-0.05, 0) is 38.5 Å². The molecule has 1 N–H and O–H groups in total. The second-order valence-corrected chi connectivity index (χ2v) is 5.72. The zero-order valence-electron chi connectivity index (χ0n) is 12.8. The molecule has 21 heavy (non-hydrogen) atoms. The van der Waals surface area contributed by atoms with E-state index in [0.29, 0.717) is 23.8 Å². The summed E-state index contributed by atoms with van der Waals surface area (Å²) in [6.45, 7) is 6.37. The Kier molecular flexibility index (Phi) is 4.57. The van der Waals surface area contributed by atoms with Crippen molar-refractivity contribution in [3.05, 3.63) is 17.7 Å². The highest BCUT2D eigenvalue weighted by Gasteiger charge is 2.20. The molecule has 0 aromatic heterocycles. The summed E-state index contributed by atoms with van der Waals surface area (Å²) in [7, 11) is 1.58. The summed E-state index contributed by atoms with van der Waals surface area (Å²) in [6.07, 6.45) is 0. The molecular weight excluding hydrogens is 274 g/mol. The Labute approximate surface area is 124 Å². The van der Waals surface area contributed by atoms with Crippen molar-refractivity contribution in [3.8, 4) is 17.2 Å². The summed E-state index contributed by atoms with van der Waals surface area (Å²) in [5.41, 5.74) is 0.473. The van der Waals surface area contributed by atoms with Crippen molar-refractivity contribution in [2.75, 3.05) is 20.4 Å². The summed E-state index contributed by atoms with van der Waals surface area (Å²) in [4.78, 5) is 11.6. The molecule has 0 unspecified atom stereocenters. The predicted molar refractivity (Wildman–Crippen MR) is 76.7 cm³/mol. The fourth-order valence-electron chi connectivity index (χ4n) is 1.97. The minimum Gasteiger partial charge on any atom is -0.493 e. The first-order chi connectivity index (χ1) is 9.89. The van der Waals surface area contributed by atoms with E-state index in [-0.39, 0.29) is 19.3 Å². The standard InChI is InChI=1S/C15H21NO5/c1-15(2,3)21-13(17)8-16-7-10-5-11(18-4)14-12(6-10)19-9-20-14/h5-6,16H,7-9H2,1-4H3. The van der Waals surface area contributed by atoms with E-state index < -0.39 is 5.60 Å². The van der Waals surface area contributed by atoms with E-state index in [4.69, 9.17) is 18.9 Å². The van der Waals surface area contributed by atoms with Crippen molar-refractivity contribution >= 4 is 5.97 Å². The maximum Gasteiger partial charge on any atom is 0.320 e. The van der Waals surface area contributed by atoms with Crippen LogP contribution in [0.4, 0.5) is 0 Å². The summed E-state index contributed by atoms with van der Waals surface area (Å²) < 4.78 is 21.2. The summed E-state index contributed by atoms with van der Waals surface area (Å²) >= 11 is 0. The van der Waals surface area contributed by atoms with Crippen LogP contribution >= 0.6 is 0 Å². The van der Waals surface area contributed by atoms with Crippen LogP contribution in [0.3, 0.4) is 0 Å². The first-order valence-electron chi connectivity index (χ1n) is 6.78. The van der Waals surface area contributed by atoms with Crippen LogP contribution in [0, 0.1) is 0 Å². The Hall–Kier alpha value is -1.95. The van der Waals surface area contributed by atoms with Gasteiger partial charge in [-0.3, -0.25) is 4.79 Å². The highest BCUT2D eigenvalue weighted by atomic mass is 16.7. The number of hydrogen-bond acceptors (Lipinski definition) is 6. The van der Waals surface area contributed by atoms with E-state index in [1.165, 1.54) is 0 Å². The lowest BCUT2D eigenvalue weighted by Gasteiger charge is -2.19. The number of methoxy groups -OCH3 is 1. The number of benzene rings is 1. The van der Waals surface area contributed by atoms with Gasteiger partial charge < -0.3 is 24.3 Å². The van der Waals surface area contributed by atoms with Gasteiger partial charge in [0.05, 0.1) is 13.7 Å². The maximum absolute atomic E-state index is 11.6. The van der Waals surface area contributed by atoms with E-state index in [0.717, 1.165) is 5.56 Å². The molecule has 0 atom stereocenters. The first kappa shape index (κ1) is 15.4. The van der Waals surface area contributed by atoms with Gasteiger partial charge in [0.15, 0.2) is 11.5 Å². The van der Waals surface area contributed by atoms with E-state index >= 15 is 0 Å². The van der Waals surface area contributed by atoms with Crippen molar-refractivity contribution < 1.29 is 23.7 Å². The molecule has 2 rings (SSSR count). The van der Waals surface area contributed by atoms with Gasteiger partial charge in [-0.2, -0.15) is 0 Å². The van der Waals surface area contributed by atoms with Crippen LogP contribution < -0.4 is 19.5 Å². The van der Waals surface area contributed by atoms with Gasteiger partial charge in [0.25, 0.3) is 0 Å². The van der Waals surface area contributed by atoms with Crippen LogP contribution in [0.1, 0.15) is 26.3 Å². The van der Waals surface area contributed by atoms with Crippen molar-refractivity contribution in [2.45, 2.75) is 32.9 Å². The first-order valence-corrected chi connectivity index (χ1v) is 6.78. The number of carbonyl (C=O) groups is 1. The predicted octanol–water partition coefficient (Wildman–Crippen LogP) is 1.86. The second-order valence-electron chi connectivity index (χ2n) is 5.72. The number of nitrogens with one attached hydrogen (secondary N) is 1. The third kappa shape index (κ3) is 4.26. The number of carbonyl (C=O) groups excluding carboxylic acids is 1. The fourth-order valence-corrected chi connectivity index (χ4v) is 1.97. The Balaban J connectivity index is 1.91. The molecule has 1 aromatic carbocycles. The molecule has 0 spiro atoms. The topological polar surface area (TPSA) is 66.0 Å². The van der Waals surface area contributed by atoms with Crippen molar-refractivity contribution in [3.63, 3.8) is 0 Å². The minimum absolute atomic E-state index is 0.147. The maximum atomic E-state index is 11.6. The molecule has 6 heteroatoms. The van der Waals surface area contributed by atoms with Gasteiger partial charge in [0, 0.05) is 6.54 Å². The van der Waals surface area contributed by atoms with E-state index in [1.54, 1.807) is 7.11 Å². The normalized spacial score (nSPS) is 13.1. The molecular formula is C15H21NO5. The van der Waals surface area contributed by atoms with Gasteiger partial charge in [0.2, 0.25) is 12.5 Å². The summed E-state index contributed by atoms with van der Waals surface area (Å²) in [5, 5.41) is 3.04. The van der Waals surface area contributed by atoms with Gasteiger partial charge in [-0.1, -0.05) is 0 Å². The lowest BCUT2D eigenvalue weighted by molar-refractivity contribution is -0.153. The highest BCUT2D eigenvalue weighted by Crippen LogP contribution is 2.41. The van der Waals surface area contributed by atoms with Crippen LogP contribution in [0.15, 0.2) is 12.1 Å². The fraction of sp³-hybridized carbons (Fsp3) is 0.533. The molecule has 0 amide bonds. The molecule has 0 saturated carbocycles. The zero-order chi connectivity index (χ0) is 15.5. The van der Waals surface area contributed by atoms with E-state index in [2.05, 4.69) is 5.32 Å². The van der Waals surface area contributed by atoms with Crippen LogP contribution in [-0.4, -0.2) is 32.0 Å². The monoisotopic (exact) mass is 295 g/mol. The van der Waals surface area contributed by atoms with Gasteiger partial charge in [-0.15, -0.1) is 0 Å². The average Bonchev–Trinajstić information content (AvgIpc) is 2.83. The van der Waals surface area contributed by atoms with Crippen LogP contribution in [0.2, 0.25) is 0 Å². The van der Waals surface area contributed by atoms with Crippen molar-refractivity contribution in [1.29, 1.82) is 0 Å². The van der Waals surface area contributed by atoms with Gasteiger partial charge >= 0.3 is 5.97 Å². The molecule has 6 nitrogen and oxygen atoms in total. The summed E-state index contributed by atoms with van der Waals surface area (Å²) in [6, 6.07) is 3.72. The Bertz CT molecular complexity index is 522. The quantitative estimate of drug-likeness (QED) is 0.836. The lowest BCUT2D eigenvalue weighted by Crippen LogP contribution is -2.31. The molecule has 1 heterocycles.